The van der Waals surface area contributed by atoms with E-state index in [9.17, 15) is 5.11 Å². The molecular formula is C17H19N3O2. The number of benzene rings is 1. The zero-order chi connectivity index (χ0) is 15.4. The molecule has 2 heterocycles. The first-order chi connectivity index (χ1) is 10.7. The van der Waals surface area contributed by atoms with Crippen LogP contribution in [0.3, 0.4) is 0 Å². The molecule has 1 aromatic carbocycles. The van der Waals surface area contributed by atoms with Crippen LogP contribution in [0.5, 0.6) is 0 Å². The monoisotopic (exact) mass is 297 g/mol. The summed E-state index contributed by atoms with van der Waals surface area (Å²) in [5, 5.41) is 17.7. The first-order valence-corrected chi connectivity index (χ1v) is 7.27. The van der Waals surface area contributed by atoms with E-state index in [1.165, 1.54) is 0 Å². The van der Waals surface area contributed by atoms with Crippen LogP contribution in [0.2, 0.25) is 0 Å². The average molecular weight is 297 g/mol. The van der Waals surface area contributed by atoms with Crippen LogP contribution in [0.1, 0.15) is 23.1 Å². The van der Waals surface area contributed by atoms with Gasteiger partial charge in [-0.25, -0.2) is 4.68 Å². The maximum atomic E-state index is 9.96. The minimum Gasteiger partial charge on any atom is -0.467 e. The standard InChI is InChI=1S/C17H19N3O2/c1-13-14(10-18-11-16(21)17-8-5-9-22-17)12-20(19-13)15-6-3-2-4-7-15/h2-9,12,16,18,21H,10-11H2,1H3. The van der Waals surface area contributed by atoms with E-state index in [0.717, 1.165) is 16.9 Å². The van der Waals surface area contributed by atoms with Gasteiger partial charge in [-0.15, -0.1) is 0 Å². The highest BCUT2D eigenvalue weighted by Gasteiger charge is 2.11. The first kappa shape index (κ1) is 14.6. The van der Waals surface area contributed by atoms with E-state index in [1.807, 2.05) is 48.1 Å². The zero-order valence-electron chi connectivity index (χ0n) is 12.4. The highest BCUT2D eigenvalue weighted by atomic mass is 16.4. The van der Waals surface area contributed by atoms with Crippen molar-refractivity contribution >= 4 is 0 Å². The fourth-order valence-corrected chi connectivity index (χ4v) is 2.31. The van der Waals surface area contributed by atoms with Crippen molar-refractivity contribution in [1.29, 1.82) is 0 Å². The van der Waals surface area contributed by atoms with Crippen molar-refractivity contribution in [3.8, 4) is 5.69 Å². The number of hydrogen-bond acceptors (Lipinski definition) is 4. The normalized spacial score (nSPS) is 12.5. The molecule has 1 unspecified atom stereocenters. The number of aliphatic hydroxyl groups is 1. The van der Waals surface area contributed by atoms with Gasteiger partial charge in [-0.05, 0) is 31.2 Å². The predicted octanol–water partition coefficient (Wildman–Crippen LogP) is 2.60. The summed E-state index contributed by atoms with van der Waals surface area (Å²) < 4.78 is 7.05. The van der Waals surface area contributed by atoms with E-state index in [1.54, 1.807) is 18.4 Å². The molecule has 0 amide bonds. The summed E-state index contributed by atoms with van der Waals surface area (Å²) in [5.41, 5.74) is 3.12. The number of nitrogens with zero attached hydrogens (tertiary/aromatic N) is 2. The SMILES string of the molecule is Cc1nn(-c2ccccc2)cc1CNCC(O)c1ccco1. The van der Waals surface area contributed by atoms with Gasteiger partial charge in [-0.2, -0.15) is 5.10 Å². The van der Waals surface area contributed by atoms with Crippen molar-refractivity contribution in [2.75, 3.05) is 6.54 Å². The Labute approximate surface area is 129 Å². The van der Waals surface area contributed by atoms with Crippen LogP contribution in [0.4, 0.5) is 0 Å². The summed E-state index contributed by atoms with van der Waals surface area (Å²) in [5.74, 6) is 0.573. The number of aliphatic hydroxyl groups excluding tert-OH is 1. The van der Waals surface area contributed by atoms with Crippen molar-refractivity contribution in [3.05, 3.63) is 71.9 Å². The van der Waals surface area contributed by atoms with Crippen LogP contribution in [0.15, 0.2) is 59.3 Å². The first-order valence-electron chi connectivity index (χ1n) is 7.27. The Morgan fingerprint density at radius 1 is 1.23 bits per heavy atom. The number of hydrogen-bond donors (Lipinski definition) is 2. The van der Waals surface area contributed by atoms with Gasteiger partial charge in [0.15, 0.2) is 0 Å². The molecule has 1 atom stereocenters. The smallest absolute Gasteiger partial charge is 0.133 e. The fourth-order valence-electron chi connectivity index (χ4n) is 2.31. The molecule has 5 nitrogen and oxygen atoms in total. The van der Waals surface area contributed by atoms with Crippen LogP contribution in [-0.2, 0) is 6.54 Å². The summed E-state index contributed by atoms with van der Waals surface area (Å²) in [7, 11) is 0. The van der Waals surface area contributed by atoms with Crippen LogP contribution in [0.25, 0.3) is 5.69 Å². The number of rotatable bonds is 6. The molecule has 0 saturated heterocycles. The summed E-state index contributed by atoms with van der Waals surface area (Å²) >= 11 is 0. The lowest BCUT2D eigenvalue weighted by Gasteiger charge is -2.08. The Balaban J connectivity index is 1.60. The second-order valence-electron chi connectivity index (χ2n) is 5.18. The maximum absolute atomic E-state index is 9.96. The highest BCUT2D eigenvalue weighted by molar-refractivity contribution is 5.32. The number of aromatic nitrogens is 2. The quantitative estimate of drug-likeness (QED) is 0.734. The molecule has 0 spiro atoms. The van der Waals surface area contributed by atoms with E-state index < -0.39 is 6.10 Å². The van der Waals surface area contributed by atoms with Crippen LogP contribution < -0.4 is 5.32 Å². The van der Waals surface area contributed by atoms with Gasteiger partial charge in [-0.3, -0.25) is 0 Å². The Morgan fingerprint density at radius 3 is 2.77 bits per heavy atom. The molecule has 22 heavy (non-hydrogen) atoms. The van der Waals surface area contributed by atoms with Gasteiger partial charge in [0.2, 0.25) is 0 Å². The minimum atomic E-state index is -0.639. The molecule has 2 N–H and O–H groups in total. The summed E-state index contributed by atoms with van der Waals surface area (Å²) in [6, 6.07) is 13.5. The Morgan fingerprint density at radius 2 is 2.05 bits per heavy atom. The number of furan rings is 1. The van der Waals surface area contributed by atoms with Gasteiger partial charge in [0, 0.05) is 24.8 Å². The predicted molar refractivity (Wildman–Crippen MR) is 83.7 cm³/mol. The number of aryl methyl sites for hydroxylation is 1. The van der Waals surface area contributed by atoms with Gasteiger partial charge in [0.25, 0.3) is 0 Å². The number of nitrogens with one attached hydrogen (secondary N) is 1. The maximum Gasteiger partial charge on any atom is 0.133 e. The topological polar surface area (TPSA) is 63.2 Å². The van der Waals surface area contributed by atoms with E-state index >= 15 is 0 Å². The van der Waals surface area contributed by atoms with E-state index in [0.29, 0.717) is 18.8 Å². The molecule has 0 radical (unpaired) electrons. The number of para-hydroxylation sites is 1. The molecular weight excluding hydrogens is 278 g/mol. The van der Waals surface area contributed by atoms with Gasteiger partial charge < -0.3 is 14.8 Å². The highest BCUT2D eigenvalue weighted by Crippen LogP contribution is 2.14. The molecule has 0 aliphatic heterocycles. The summed E-state index contributed by atoms with van der Waals surface area (Å²) in [4.78, 5) is 0. The van der Waals surface area contributed by atoms with Crippen LogP contribution in [0, 0.1) is 6.92 Å². The fraction of sp³-hybridized carbons (Fsp3) is 0.235. The molecule has 0 aliphatic carbocycles. The largest absolute Gasteiger partial charge is 0.467 e. The lowest BCUT2D eigenvalue weighted by molar-refractivity contribution is 0.147. The molecule has 0 saturated carbocycles. The Hall–Kier alpha value is -2.37. The second-order valence-corrected chi connectivity index (χ2v) is 5.18. The van der Waals surface area contributed by atoms with Crippen molar-refractivity contribution in [1.82, 2.24) is 15.1 Å². The molecule has 0 fully saturated rings. The van der Waals surface area contributed by atoms with Crippen molar-refractivity contribution in [2.45, 2.75) is 19.6 Å². The lowest BCUT2D eigenvalue weighted by atomic mass is 10.2. The Kier molecular flexibility index (Phi) is 4.37. The third-order valence-corrected chi connectivity index (χ3v) is 3.55. The zero-order valence-corrected chi connectivity index (χ0v) is 12.4. The second kappa shape index (κ2) is 6.60. The van der Waals surface area contributed by atoms with Crippen molar-refractivity contribution in [2.24, 2.45) is 0 Å². The molecule has 0 aliphatic rings. The van der Waals surface area contributed by atoms with E-state index in [2.05, 4.69) is 10.4 Å². The third kappa shape index (κ3) is 3.27. The molecule has 114 valence electrons. The van der Waals surface area contributed by atoms with Crippen molar-refractivity contribution < 1.29 is 9.52 Å². The van der Waals surface area contributed by atoms with E-state index in [-0.39, 0.29) is 0 Å². The molecule has 3 aromatic rings. The molecule has 2 aromatic heterocycles. The minimum absolute atomic E-state index is 0.434. The average Bonchev–Trinajstić information content (AvgIpc) is 3.18. The van der Waals surface area contributed by atoms with Crippen LogP contribution >= 0.6 is 0 Å². The van der Waals surface area contributed by atoms with Gasteiger partial charge in [-0.1, -0.05) is 18.2 Å². The molecule has 0 bridgehead atoms. The molecule has 3 rings (SSSR count). The van der Waals surface area contributed by atoms with Crippen LogP contribution in [-0.4, -0.2) is 21.4 Å². The summed E-state index contributed by atoms with van der Waals surface area (Å²) in [6.07, 6.45) is 2.93. The molecule has 5 heteroatoms. The summed E-state index contributed by atoms with van der Waals surface area (Å²) in [6.45, 7) is 3.07. The van der Waals surface area contributed by atoms with Gasteiger partial charge in [0.05, 0.1) is 17.6 Å². The Bertz CT molecular complexity index is 705. The van der Waals surface area contributed by atoms with Gasteiger partial charge in [0.1, 0.15) is 11.9 Å². The lowest BCUT2D eigenvalue weighted by Crippen LogP contribution is -2.20. The van der Waals surface area contributed by atoms with E-state index in [4.69, 9.17) is 4.42 Å². The van der Waals surface area contributed by atoms with Gasteiger partial charge >= 0.3 is 0 Å². The third-order valence-electron chi connectivity index (χ3n) is 3.55. The van der Waals surface area contributed by atoms with Crippen molar-refractivity contribution in [3.63, 3.8) is 0 Å².